The summed E-state index contributed by atoms with van der Waals surface area (Å²) in [5.41, 5.74) is 7.73. The molecule has 0 saturated carbocycles. The van der Waals surface area contributed by atoms with Gasteiger partial charge in [0.25, 0.3) is 5.91 Å². The van der Waals surface area contributed by atoms with Crippen LogP contribution in [0.4, 0.5) is 0 Å². The molecular formula is C21H26Cl2N2O2. The normalized spacial score (nSPS) is 18.5. The first-order valence-corrected chi connectivity index (χ1v) is 9.25. The smallest absolute Gasteiger partial charge is 0.254 e. The number of nitrogens with zero attached hydrogens (tertiary/aromatic N) is 1. The molecule has 27 heavy (non-hydrogen) atoms. The Morgan fingerprint density at radius 3 is 2.70 bits per heavy atom. The summed E-state index contributed by atoms with van der Waals surface area (Å²) >= 11 is 6.00. The van der Waals surface area contributed by atoms with Crippen molar-refractivity contribution in [3.05, 3.63) is 64.7 Å². The third kappa shape index (κ3) is 5.38. The zero-order valence-electron chi connectivity index (χ0n) is 15.7. The minimum atomic E-state index is -0.0748. The fraction of sp³-hybridized carbons (Fsp3) is 0.381. The third-order valence-corrected chi connectivity index (χ3v) is 5.21. The van der Waals surface area contributed by atoms with Gasteiger partial charge in [0.05, 0.1) is 0 Å². The SMILES string of the molecule is CC1(C)CN(C(=O)c2cccc(OCc3cccc(Cl)c3)c2)CCC1N.Cl. The summed E-state index contributed by atoms with van der Waals surface area (Å²) in [4.78, 5) is 14.8. The third-order valence-electron chi connectivity index (χ3n) is 4.97. The molecule has 1 aliphatic rings. The molecule has 1 heterocycles. The average molecular weight is 409 g/mol. The van der Waals surface area contributed by atoms with Crippen LogP contribution in [0.3, 0.4) is 0 Å². The largest absolute Gasteiger partial charge is 0.489 e. The second-order valence-corrected chi connectivity index (χ2v) is 7.99. The van der Waals surface area contributed by atoms with E-state index in [9.17, 15) is 4.79 Å². The molecular weight excluding hydrogens is 383 g/mol. The van der Waals surface area contributed by atoms with Crippen molar-refractivity contribution in [1.82, 2.24) is 4.90 Å². The van der Waals surface area contributed by atoms with E-state index < -0.39 is 0 Å². The number of halogens is 2. The van der Waals surface area contributed by atoms with E-state index in [1.54, 1.807) is 6.07 Å². The molecule has 6 heteroatoms. The molecule has 2 aromatic rings. The summed E-state index contributed by atoms with van der Waals surface area (Å²) in [6.07, 6.45) is 0.823. The lowest BCUT2D eigenvalue weighted by atomic mass is 9.79. The Kier molecular flexibility index (Phi) is 7.15. The molecule has 1 unspecified atom stereocenters. The van der Waals surface area contributed by atoms with Gasteiger partial charge in [-0.1, -0.05) is 43.6 Å². The van der Waals surface area contributed by atoms with E-state index in [0.717, 1.165) is 12.0 Å². The van der Waals surface area contributed by atoms with Gasteiger partial charge in [-0.3, -0.25) is 4.79 Å². The van der Waals surface area contributed by atoms with E-state index in [2.05, 4.69) is 13.8 Å². The highest BCUT2D eigenvalue weighted by atomic mass is 35.5. The van der Waals surface area contributed by atoms with Crippen LogP contribution in [0.15, 0.2) is 48.5 Å². The molecule has 4 nitrogen and oxygen atoms in total. The summed E-state index contributed by atoms with van der Waals surface area (Å²) < 4.78 is 5.83. The quantitative estimate of drug-likeness (QED) is 0.807. The first-order chi connectivity index (χ1) is 12.3. The maximum atomic E-state index is 12.9. The maximum absolute atomic E-state index is 12.9. The van der Waals surface area contributed by atoms with Gasteiger partial charge in [0.15, 0.2) is 0 Å². The number of hydrogen-bond acceptors (Lipinski definition) is 3. The number of hydrogen-bond donors (Lipinski definition) is 1. The molecule has 3 rings (SSSR count). The highest BCUT2D eigenvalue weighted by Crippen LogP contribution is 2.29. The number of amides is 1. The first-order valence-electron chi connectivity index (χ1n) is 8.87. The number of piperidine rings is 1. The standard InChI is InChI=1S/C21H25ClN2O2.ClH/c1-21(2)14-24(10-9-19(21)23)20(25)16-6-4-8-18(12-16)26-13-15-5-3-7-17(22)11-15;/h3-8,11-12,19H,9-10,13-14,23H2,1-2H3;1H. The zero-order valence-corrected chi connectivity index (χ0v) is 17.2. The molecule has 1 atom stereocenters. The summed E-state index contributed by atoms with van der Waals surface area (Å²) in [6, 6.07) is 15.0. The van der Waals surface area contributed by atoms with E-state index >= 15 is 0 Å². The van der Waals surface area contributed by atoms with Gasteiger partial charge in [-0.05, 0) is 47.7 Å². The minimum absolute atomic E-state index is 0. The van der Waals surface area contributed by atoms with Crippen LogP contribution in [0, 0.1) is 5.41 Å². The maximum Gasteiger partial charge on any atom is 0.254 e. The van der Waals surface area contributed by atoms with Gasteiger partial charge in [-0.2, -0.15) is 0 Å². The number of ether oxygens (including phenoxy) is 1. The summed E-state index contributed by atoms with van der Waals surface area (Å²) in [5, 5.41) is 0.681. The van der Waals surface area contributed by atoms with Gasteiger partial charge in [-0.25, -0.2) is 0 Å². The second-order valence-electron chi connectivity index (χ2n) is 7.56. The molecule has 2 N–H and O–H groups in total. The summed E-state index contributed by atoms with van der Waals surface area (Å²) in [6.45, 7) is 5.99. The van der Waals surface area contributed by atoms with E-state index in [-0.39, 0.29) is 29.8 Å². The number of likely N-dealkylation sites (tertiary alicyclic amines) is 1. The number of carbonyl (C=O) groups excluding carboxylic acids is 1. The van der Waals surface area contributed by atoms with Crippen molar-refractivity contribution < 1.29 is 9.53 Å². The van der Waals surface area contributed by atoms with Crippen molar-refractivity contribution in [2.45, 2.75) is 32.9 Å². The topological polar surface area (TPSA) is 55.6 Å². The molecule has 1 amide bonds. The lowest BCUT2D eigenvalue weighted by Gasteiger charge is -2.42. The van der Waals surface area contributed by atoms with Crippen molar-refractivity contribution in [1.29, 1.82) is 0 Å². The van der Waals surface area contributed by atoms with Crippen molar-refractivity contribution >= 4 is 29.9 Å². The number of nitrogens with two attached hydrogens (primary N) is 1. The van der Waals surface area contributed by atoms with E-state index in [4.69, 9.17) is 22.1 Å². The lowest BCUT2D eigenvalue weighted by molar-refractivity contribution is 0.0532. The summed E-state index contributed by atoms with van der Waals surface area (Å²) in [5.74, 6) is 0.696. The molecule has 1 aliphatic heterocycles. The van der Waals surface area contributed by atoms with Crippen LogP contribution in [0.25, 0.3) is 0 Å². The Balaban J connectivity index is 0.00000261. The van der Waals surface area contributed by atoms with Crippen LogP contribution in [0.1, 0.15) is 36.2 Å². The molecule has 1 saturated heterocycles. The van der Waals surface area contributed by atoms with Gasteiger partial charge < -0.3 is 15.4 Å². The monoisotopic (exact) mass is 408 g/mol. The van der Waals surface area contributed by atoms with Crippen molar-refractivity contribution in [3.8, 4) is 5.75 Å². The highest BCUT2D eigenvalue weighted by molar-refractivity contribution is 6.30. The van der Waals surface area contributed by atoms with Gasteiger partial charge in [0.1, 0.15) is 12.4 Å². The Morgan fingerprint density at radius 2 is 2.00 bits per heavy atom. The fourth-order valence-electron chi connectivity index (χ4n) is 3.24. The van der Waals surface area contributed by atoms with E-state index in [1.807, 2.05) is 47.4 Å². The zero-order chi connectivity index (χ0) is 18.7. The number of benzene rings is 2. The molecule has 0 aliphatic carbocycles. The highest BCUT2D eigenvalue weighted by Gasteiger charge is 2.35. The van der Waals surface area contributed by atoms with Crippen molar-refractivity contribution in [2.24, 2.45) is 11.1 Å². The molecule has 0 aromatic heterocycles. The Bertz CT molecular complexity index is 795. The van der Waals surface area contributed by atoms with Crippen LogP contribution >= 0.6 is 24.0 Å². The van der Waals surface area contributed by atoms with Crippen LogP contribution in [0.5, 0.6) is 5.75 Å². The van der Waals surface area contributed by atoms with Crippen LogP contribution in [0.2, 0.25) is 5.02 Å². The lowest BCUT2D eigenvalue weighted by Crippen LogP contribution is -2.53. The van der Waals surface area contributed by atoms with Gasteiger partial charge in [0, 0.05) is 29.7 Å². The second kappa shape index (κ2) is 8.96. The Labute approximate surface area is 172 Å². The number of rotatable bonds is 4. The first kappa shape index (κ1) is 21.5. The van der Waals surface area contributed by atoms with Crippen LogP contribution in [-0.4, -0.2) is 29.9 Å². The predicted molar refractivity (Wildman–Crippen MR) is 112 cm³/mol. The molecule has 0 radical (unpaired) electrons. The van der Waals surface area contributed by atoms with E-state index in [1.165, 1.54) is 0 Å². The van der Waals surface area contributed by atoms with Crippen LogP contribution < -0.4 is 10.5 Å². The van der Waals surface area contributed by atoms with E-state index in [0.29, 0.717) is 36.0 Å². The van der Waals surface area contributed by atoms with Crippen LogP contribution in [-0.2, 0) is 6.61 Å². The molecule has 2 aromatic carbocycles. The molecule has 0 spiro atoms. The average Bonchev–Trinajstić information content (AvgIpc) is 2.62. The van der Waals surface area contributed by atoms with Gasteiger partial charge >= 0.3 is 0 Å². The Hall–Kier alpha value is -1.75. The summed E-state index contributed by atoms with van der Waals surface area (Å²) in [7, 11) is 0. The molecule has 146 valence electrons. The molecule has 0 bridgehead atoms. The minimum Gasteiger partial charge on any atom is -0.489 e. The van der Waals surface area contributed by atoms with Gasteiger partial charge in [-0.15, -0.1) is 12.4 Å². The van der Waals surface area contributed by atoms with Crippen molar-refractivity contribution in [3.63, 3.8) is 0 Å². The van der Waals surface area contributed by atoms with Crippen molar-refractivity contribution in [2.75, 3.05) is 13.1 Å². The number of carbonyl (C=O) groups is 1. The van der Waals surface area contributed by atoms with Gasteiger partial charge in [0.2, 0.25) is 0 Å². The predicted octanol–water partition coefficient (Wildman–Crippen LogP) is 4.54. The fourth-order valence-corrected chi connectivity index (χ4v) is 3.46. The Morgan fingerprint density at radius 1 is 1.26 bits per heavy atom. The molecule has 1 fully saturated rings.